The number of carbonyl (C=O) groups is 1. The zero-order chi connectivity index (χ0) is 22.9. The van der Waals surface area contributed by atoms with Crippen LogP contribution < -0.4 is 0 Å². The number of piperidine rings is 1. The maximum atomic E-state index is 12.7. The number of aromatic nitrogens is 1. The molecule has 5 rings (SSSR count). The number of aryl methyl sites for hydroxylation is 1. The second-order valence-electron chi connectivity index (χ2n) is 9.91. The highest BCUT2D eigenvalue weighted by atomic mass is 16.1. The molecule has 1 fully saturated rings. The Morgan fingerprint density at radius 2 is 1.82 bits per heavy atom. The number of carbonyl (C=O) groups excluding carboxylic acids is 1. The molecule has 5 atom stereocenters. The highest BCUT2D eigenvalue weighted by Gasteiger charge is 2.49. The molecule has 1 aromatic heterocycles. The van der Waals surface area contributed by atoms with Crippen molar-refractivity contribution in [3.05, 3.63) is 83.6 Å². The number of rotatable bonds is 7. The molecule has 0 N–H and O–H groups in total. The molecule has 2 aromatic carbocycles. The van der Waals surface area contributed by atoms with E-state index in [9.17, 15) is 4.79 Å². The zero-order valence-corrected chi connectivity index (χ0v) is 20.2. The first-order valence-corrected chi connectivity index (χ1v) is 12.7. The molecule has 2 bridgehead atoms. The van der Waals surface area contributed by atoms with E-state index in [4.69, 9.17) is 0 Å². The van der Waals surface area contributed by atoms with E-state index in [-0.39, 0.29) is 12.0 Å². The summed E-state index contributed by atoms with van der Waals surface area (Å²) >= 11 is 0. The van der Waals surface area contributed by atoms with Crippen molar-refractivity contribution < 1.29 is 4.79 Å². The molecule has 0 aliphatic carbocycles. The Hall–Kier alpha value is -2.65. The van der Waals surface area contributed by atoms with E-state index in [0.29, 0.717) is 17.9 Å². The van der Waals surface area contributed by atoms with Crippen molar-refractivity contribution in [2.24, 2.45) is 24.8 Å². The molecule has 172 valence electrons. The van der Waals surface area contributed by atoms with Gasteiger partial charge in [-0.05, 0) is 54.7 Å². The fourth-order valence-electron chi connectivity index (χ4n) is 6.72. The molecule has 0 unspecified atom stereocenters. The molecule has 0 saturated carbocycles. The Balaban J connectivity index is 1.63. The van der Waals surface area contributed by atoms with Gasteiger partial charge in [-0.1, -0.05) is 74.5 Å². The molecule has 3 nitrogen and oxygen atoms in total. The number of benzene rings is 2. The van der Waals surface area contributed by atoms with Gasteiger partial charge in [-0.3, -0.25) is 4.90 Å². The third-order valence-electron chi connectivity index (χ3n) is 8.26. The summed E-state index contributed by atoms with van der Waals surface area (Å²) in [6.45, 7) is 5.37. The summed E-state index contributed by atoms with van der Waals surface area (Å²) in [5.74, 6) is 0.910. The number of para-hydroxylation sites is 1. The van der Waals surface area contributed by atoms with Crippen LogP contribution in [-0.4, -0.2) is 21.8 Å². The van der Waals surface area contributed by atoms with Crippen molar-refractivity contribution in [1.29, 1.82) is 0 Å². The minimum absolute atomic E-state index is 0.0588. The third-order valence-corrected chi connectivity index (χ3v) is 8.26. The van der Waals surface area contributed by atoms with Gasteiger partial charge < -0.3 is 9.36 Å². The van der Waals surface area contributed by atoms with Crippen LogP contribution in [0.15, 0.2) is 66.7 Å². The monoisotopic (exact) mass is 440 g/mol. The lowest BCUT2D eigenvalue weighted by atomic mass is 9.65. The lowest BCUT2D eigenvalue weighted by Gasteiger charge is -2.53. The average molecular weight is 441 g/mol. The molecular weight excluding hydrogens is 404 g/mol. The number of hydrogen-bond donors (Lipinski definition) is 0. The van der Waals surface area contributed by atoms with Crippen molar-refractivity contribution in [2.45, 2.75) is 58.2 Å². The first-order valence-electron chi connectivity index (χ1n) is 12.7. The van der Waals surface area contributed by atoms with E-state index in [2.05, 4.69) is 97.1 Å². The molecule has 33 heavy (non-hydrogen) atoms. The van der Waals surface area contributed by atoms with Gasteiger partial charge in [-0.2, -0.15) is 0 Å². The van der Waals surface area contributed by atoms with Crippen molar-refractivity contribution in [3.63, 3.8) is 0 Å². The van der Waals surface area contributed by atoms with Gasteiger partial charge in [-0.15, -0.1) is 0 Å². The van der Waals surface area contributed by atoms with E-state index in [1.54, 1.807) is 0 Å². The fourth-order valence-corrected chi connectivity index (χ4v) is 6.72. The highest BCUT2D eigenvalue weighted by Crippen LogP contribution is 2.51. The lowest BCUT2D eigenvalue weighted by Crippen LogP contribution is -2.55. The van der Waals surface area contributed by atoms with Gasteiger partial charge in [0.2, 0.25) is 0 Å². The first-order chi connectivity index (χ1) is 16.2. The smallest absolute Gasteiger partial charge is 0.124 e. The van der Waals surface area contributed by atoms with Crippen LogP contribution in [0.1, 0.15) is 56.0 Å². The van der Waals surface area contributed by atoms with Crippen LogP contribution in [0.3, 0.4) is 0 Å². The summed E-state index contributed by atoms with van der Waals surface area (Å²) in [5.41, 5.74) is 5.57. The van der Waals surface area contributed by atoms with E-state index < -0.39 is 0 Å². The SMILES string of the molecule is CC/C=C/[C@@H](CC)[C@H]1C[C@H]2c3c(c4ccccc4n3C)C[C@@H]([C@@H]1C=O)N2Cc1ccccc1. The van der Waals surface area contributed by atoms with Gasteiger partial charge in [0.15, 0.2) is 0 Å². The van der Waals surface area contributed by atoms with E-state index >= 15 is 0 Å². The lowest BCUT2D eigenvalue weighted by molar-refractivity contribution is -0.122. The number of allylic oxidation sites excluding steroid dienone is 2. The van der Waals surface area contributed by atoms with Crippen molar-refractivity contribution >= 4 is 17.2 Å². The molecular formula is C30H36N2O. The normalized spacial score (nSPS) is 25.9. The van der Waals surface area contributed by atoms with E-state index in [0.717, 1.165) is 32.2 Å². The molecule has 1 saturated heterocycles. The zero-order valence-electron chi connectivity index (χ0n) is 20.2. The van der Waals surface area contributed by atoms with Crippen molar-refractivity contribution in [2.75, 3.05) is 0 Å². The second-order valence-corrected chi connectivity index (χ2v) is 9.91. The molecule has 3 heterocycles. The number of aldehydes is 1. The van der Waals surface area contributed by atoms with Crippen LogP contribution in [0.2, 0.25) is 0 Å². The van der Waals surface area contributed by atoms with Crippen molar-refractivity contribution in [3.8, 4) is 0 Å². The number of nitrogens with zero attached hydrogens (tertiary/aromatic N) is 2. The Labute approximate surface area is 198 Å². The topological polar surface area (TPSA) is 25.2 Å². The van der Waals surface area contributed by atoms with Gasteiger partial charge in [0.05, 0.1) is 6.04 Å². The van der Waals surface area contributed by atoms with Gasteiger partial charge in [0.1, 0.15) is 6.29 Å². The van der Waals surface area contributed by atoms with Gasteiger partial charge in [0.25, 0.3) is 0 Å². The van der Waals surface area contributed by atoms with Crippen LogP contribution >= 0.6 is 0 Å². The molecule has 2 aliphatic rings. The maximum absolute atomic E-state index is 12.7. The summed E-state index contributed by atoms with van der Waals surface area (Å²) < 4.78 is 2.44. The van der Waals surface area contributed by atoms with Crippen molar-refractivity contribution in [1.82, 2.24) is 9.47 Å². The highest BCUT2D eigenvalue weighted by molar-refractivity contribution is 5.86. The molecule has 0 spiro atoms. The summed E-state index contributed by atoms with van der Waals surface area (Å²) in [7, 11) is 2.23. The predicted molar refractivity (Wildman–Crippen MR) is 136 cm³/mol. The van der Waals surface area contributed by atoms with Crippen LogP contribution in [0.4, 0.5) is 0 Å². The van der Waals surface area contributed by atoms with Crippen LogP contribution in [0, 0.1) is 17.8 Å². The average Bonchev–Trinajstić information content (AvgIpc) is 3.12. The summed E-state index contributed by atoms with van der Waals surface area (Å²) in [4.78, 5) is 15.3. The number of fused-ring (bicyclic) bond motifs is 6. The molecule has 0 radical (unpaired) electrons. The quantitative estimate of drug-likeness (QED) is 0.311. The Morgan fingerprint density at radius 1 is 1.06 bits per heavy atom. The second kappa shape index (κ2) is 9.30. The van der Waals surface area contributed by atoms with Gasteiger partial charge >= 0.3 is 0 Å². The van der Waals surface area contributed by atoms with Crippen LogP contribution in [0.5, 0.6) is 0 Å². The minimum atomic E-state index is 0.0588. The summed E-state index contributed by atoms with van der Waals surface area (Å²) in [5, 5.41) is 1.37. The molecule has 3 aromatic rings. The summed E-state index contributed by atoms with van der Waals surface area (Å²) in [6, 6.07) is 20.2. The van der Waals surface area contributed by atoms with E-state index in [1.165, 1.54) is 34.0 Å². The number of hydrogen-bond acceptors (Lipinski definition) is 2. The molecule has 3 heteroatoms. The van der Waals surface area contributed by atoms with E-state index in [1.807, 2.05) is 0 Å². The van der Waals surface area contributed by atoms with Gasteiger partial charge in [-0.25, -0.2) is 0 Å². The molecule has 0 amide bonds. The van der Waals surface area contributed by atoms with Gasteiger partial charge in [0, 0.05) is 42.1 Å². The first kappa shape index (κ1) is 22.2. The van der Waals surface area contributed by atoms with Crippen LogP contribution in [0.25, 0.3) is 10.9 Å². The Morgan fingerprint density at radius 3 is 2.55 bits per heavy atom. The largest absolute Gasteiger partial charge is 0.346 e. The fraction of sp³-hybridized carbons (Fsp3) is 0.433. The van der Waals surface area contributed by atoms with Crippen LogP contribution in [-0.2, 0) is 24.8 Å². The predicted octanol–water partition coefficient (Wildman–Crippen LogP) is 6.47. The third kappa shape index (κ3) is 3.77. The standard InChI is InChI=1S/C30H36N2O/c1-4-6-14-22(5-2)24-17-29-30-25(23-15-10-11-16-27(23)31(30)3)18-28(26(24)20-33)32(29)19-21-12-8-7-9-13-21/h6-16,20,22,24,26,28-29H,4-5,17-19H2,1-3H3/b14-6+/t22-,24-,26-,28+,29+/m1/s1. The summed E-state index contributed by atoms with van der Waals surface area (Å²) in [6.07, 6.45) is 10.1. The Kier molecular flexibility index (Phi) is 6.25. The minimum Gasteiger partial charge on any atom is -0.346 e. The maximum Gasteiger partial charge on any atom is 0.124 e. The molecule has 2 aliphatic heterocycles. The Bertz CT molecular complexity index is 1140.